The van der Waals surface area contributed by atoms with E-state index in [-0.39, 0.29) is 0 Å². The van der Waals surface area contributed by atoms with Gasteiger partial charge in [-0.25, -0.2) is 0 Å². The van der Waals surface area contributed by atoms with Crippen LogP contribution in [0.25, 0.3) is 32.7 Å². The minimum atomic E-state index is 0.978. The van der Waals surface area contributed by atoms with Gasteiger partial charge in [-0.1, -0.05) is 36.4 Å². The highest BCUT2D eigenvalue weighted by atomic mass is 16.3. The first-order valence-electron chi connectivity index (χ1n) is 6.55. The maximum atomic E-state index is 6.02. The summed E-state index contributed by atoms with van der Waals surface area (Å²) in [5.74, 6) is 0. The Morgan fingerprint density at radius 2 is 1.53 bits per heavy atom. The number of fused-ring (bicyclic) bond motifs is 5. The van der Waals surface area contributed by atoms with Gasteiger partial charge in [0.15, 0.2) is 0 Å². The summed E-state index contributed by atoms with van der Waals surface area (Å²) in [6.45, 7) is 4.23. The third-order valence-electron chi connectivity index (χ3n) is 3.84. The average molecular weight is 246 g/mol. The number of furan rings is 1. The fraction of sp³-hybridized carbons (Fsp3) is 0.111. The number of hydrogen-bond donors (Lipinski definition) is 0. The quantitative estimate of drug-likeness (QED) is 0.407. The molecule has 0 radical (unpaired) electrons. The second kappa shape index (κ2) is 3.61. The average Bonchev–Trinajstić information content (AvgIpc) is 2.76. The maximum Gasteiger partial charge on any atom is 0.136 e. The lowest BCUT2D eigenvalue weighted by atomic mass is 10.00. The number of hydrogen-bond acceptors (Lipinski definition) is 1. The Morgan fingerprint density at radius 1 is 0.737 bits per heavy atom. The van der Waals surface area contributed by atoms with E-state index in [1.807, 2.05) is 0 Å². The summed E-state index contributed by atoms with van der Waals surface area (Å²) >= 11 is 0. The molecule has 0 atom stereocenters. The summed E-state index contributed by atoms with van der Waals surface area (Å²) in [5.41, 5.74) is 4.45. The number of aryl methyl sites for hydroxylation is 2. The summed E-state index contributed by atoms with van der Waals surface area (Å²) in [4.78, 5) is 0. The van der Waals surface area contributed by atoms with E-state index >= 15 is 0 Å². The van der Waals surface area contributed by atoms with Crippen LogP contribution in [0.5, 0.6) is 0 Å². The van der Waals surface area contributed by atoms with Crippen LogP contribution in [0.15, 0.2) is 52.9 Å². The summed E-state index contributed by atoms with van der Waals surface area (Å²) < 4.78 is 6.02. The van der Waals surface area contributed by atoms with E-state index in [9.17, 15) is 0 Å². The van der Waals surface area contributed by atoms with E-state index in [4.69, 9.17) is 4.42 Å². The van der Waals surface area contributed by atoms with Gasteiger partial charge in [-0.3, -0.25) is 0 Å². The van der Waals surface area contributed by atoms with E-state index < -0.39 is 0 Å². The number of rotatable bonds is 0. The van der Waals surface area contributed by atoms with Crippen molar-refractivity contribution in [2.45, 2.75) is 13.8 Å². The molecule has 0 aliphatic rings. The van der Waals surface area contributed by atoms with E-state index in [0.717, 1.165) is 11.2 Å². The molecule has 0 saturated heterocycles. The fourth-order valence-corrected chi connectivity index (χ4v) is 2.92. The van der Waals surface area contributed by atoms with Gasteiger partial charge in [-0.05, 0) is 47.9 Å². The second-order valence-electron chi connectivity index (χ2n) is 5.21. The molecule has 1 heterocycles. The summed E-state index contributed by atoms with van der Waals surface area (Å²) in [5, 5.41) is 5.02. The van der Waals surface area contributed by atoms with Crippen LogP contribution >= 0.6 is 0 Å². The molecule has 1 heteroatoms. The van der Waals surface area contributed by atoms with Crippen LogP contribution in [0, 0.1) is 13.8 Å². The van der Waals surface area contributed by atoms with E-state index in [1.165, 1.54) is 32.7 Å². The molecule has 92 valence electrons. The zero-order chi connectivity index (χ0) is 13.0. The molecule has 19 heavy (non-hydrogen) atoms. The first-order valence-corrected chi connectivity index (χ1v) is 6.55. The zero-order valence-electron chi connectivity index (χ0n) is 11.0. The third-order valence-corrected chi connectivity index (χ3v) is 3.84. The lowest BCUT2D eigenvalue weighted by molar-refractivity contribution is 0.668. The lowest BCUT2D eigenvalue weighted by Crippen LogP contribution is -1.79. The molecule has 1 aromatic heterocycles. The Morgan fingerprint density at radius 3 is 2.37 bits per heavy atom. The van der Waals surface area contributed by atoms with Crippen molar-refractivity contribution in [1.29, 1.82) is 0 Å². The SMILES string of the molecule is Cc1ccc2c(c1)oc1cc(C)c3ccccc3c12. The number of benzene rings is 3. The topological polar surface area (TPSA) is 13.1 Å². The van der Waals surface area contributed by atoms with Gasteiger partial charge in [-0.15, -0.1) is 0 Å². The van der Waals surface area contributed by atoms with Crippen molar-refractivity contribution in [3.05, 3.63) is 59.7 Å². The van der Waals surface area contributed by atoms with Crippen molar-refractivity contribution in [3.8, 4) is 0 Å². The summed E-state index contributed by atoms with van der Waals surface area (Å²) in [6.07, 6.45) is 0. The van der Waals surface area contributed by atoms with Crippen LogP contribution in [0.1, 0.15) is 11.1 Å². The monoisotopic (exact) mass is 246 g/mol. The van der Waals surface area contributed by atoms with Crippen LogP contribution in [-0.2, 0) is 0 Å². The van der Waals surface area contributed by atoms with Crippen LogP contribution in [-0.4, -0.2) is 0 Å². The molecule has 0 aliphatic carbocycles. The van der Waals surface area contributed by atoms with Gasteiger partial charge in [0.05, 0.1) is 0 Å². The Kier molecular flexibility index (Phi) is 2.02. The maximum absolute atomic E-state index is 6.02. The molecular formula is C18H14O. The van der Waals surface area contributed by atoms with Crippen molar-refractivity contribution >= 4 is 32.7 Å². The van der Waals surface area contributed by atoms with Crippen LogP contribution in [0.2, 0.25) is 0 Å². The van der Waals surface area contributed by atoms with Gasteiger partial charge in [0.1, 0.15) is 11.2 Å². The van der Waals surface area contributed by atoms with E-state index in [2.05, 4.69) is 62.4 Å². The molecular weight excluding hydrogens is 232 g/mol. The Balaban J connectivity index is 2.34. The van der Waals surface area contributed by atoms with E-state index in [1.54, 1.807) is 0 Å². The molecule has 3 aromatic carbocycles. The largest absolute Gasteiger partial charge is 0.456 e. The van der Waals surface area contributed by atoms with Crippen LogP contribution in [0.4, 0.5) is 0 Å². The minimum absolute atomic E-state index is 0.978. The Hall–Kier alpha value is -2.28. The summed E-state index contributed by atoms with van der Waals surface area (Å²) in [7, 11) is 0. The molecule has 4 rings (SSSR count). The first kappa shape index (κ1) is 10.6. The summed E-state index contributed by atoms with van der Waals surface area (Å²) in [6, 6.07) is 17.1. The molecule has 0 saturated carbocycles. The Labute approximate surface area is 111 Å². The fourth-order valence-electron chi connectivity index (χ4n) is 2.92. The molecule has 0 N–H and O–H groups in total. The first-order chi connectivity index (χ1) is 9.24. The highest BCUT2D eigenvalue weighted by molar-refractivity contribution is 6.19. The highest BCUT2D eigenvalue weighted by Crippen LogP contribution is 2.36. The molecule has 0 unspecified atom stereocenters. The predicted octanol–water partition coefficient (Wildman–Crippen LogP) is 5.36. The van der Waals surface area contributed by atoms with Gasteiger partial charge in [-0.2, -0.15) is 0 Å². The standard InChI is InChI=1S/C18H14O/c1-11-7-8-15-16(9-11)19-17-10-12(2)13-5-3-4-6-14(13)18(15)17/h3-10H,1-2H3. The van der Waals surface area contributed by atoms with Gasteiger partial charge in [0.2, 0.25) is 0 Å². The molecule has 4 aromatic rings. The zero-order valence-corrected chi connectivity index (χ0v) is 11.0. The van der Waals surface area contributed by atoms with Gasteiger partial charge < -0.3 is 4.42 Å². The molecule has 0 aliphatic heterocycles. The van der Waals surface area contributed by atoms with Crippen molar-refractivity contribution in [2.24, 2.45) is 0 Å². The van der Waals surface area contributed by atoms with Crippen molar-refractivity contribution < 1.29 is 4.42 Å². The van der Waals surface area contributed by atoms with Gasteiger partial charge in [0.25, 0.3) is 0 Å². The smallest absolute Gasteiger partial charge is 0.136 e. The normalized spacial score (nSPS) is 11.7. The van der Waals surface area contributed by atoms with Crippen LogP contribution in [0.3, 0.4) is 0 Å². The minimum Gasteiger partial charge on any atom is -0.456 e. The predicted molar refractivity (Wildman–Crippen MR) is 80.7 cm³/mol. The molecule has 0 spiro atoms. The molecule has 0 fully saturated rings. The Bertz CT molecular complexity index is 929. The highest BCUT2D eigenvalue weighted by Gasteiger charge is 2.11. The van der Waals surface area contributed by atoms with Crippen molar-refractivity contribution in [2.75, 3.05) is 0 Å². The van der Waals surface area contributed by atoms with E-state index in [0.29, 0.717) is 0 Å². The second-order valence-corrected chi connectivity index (χ2v) is 5.21. The van der Waals surface area contributed by atoms with Gasteiger partial charge in [0, 0.05) is 10.8 Å². The molecule has 0 amide bonds. The van der Waals surface area contributed by atoms with Crippen molar-refractivity contribution in [3.63, 3.8) is 0 Å². The lowest BCUT2D eigenvalue weighted by Gasteiger charge is -2.03. The molecule has 0 bridgehead atoms. The van der Waals surface area contributed by atoms with Crippen LogP contribution < -0.4 is 0 Å². The molecule has 1 nitrogen and oxygen atoms in total. The van der Waals surface area contributed by atoms with Gasteiger partial charge >= 0.3 is 0 Å². The third kappa shape index (κ3) is 1.42. The van der Waals surface area contributed by atoms with Crippen molar-refractivity contribution in [1.82, 2.24) is 0 Å².